The van der Waals surface area contributed by atoms with Crippen molar-refractivity contribution in [1.29, 1.82) is 0 Å². The Labute approximate surface area is 104 Å². The lowest BCUT2D eigenvalue weighted by atomic mass is 10.1. The summed E-state index contributed by atoms with van der Waals surface area (Å²) in [5.41, 5.74) is 0.889. The maximum absolute atomic E-state index is 10.9. The third kappa shape index (κ3) is 3.49. The Bertz CT molecular complexity index is 442. The summed E-state index contributed by atoms with van der Waals surface area (Å²) in [7, 11) is 0. The Morgan fingerprint density at radius 3 is 2.47 bits per heavy atom. The van der Waals surface area contributed by atoms with Gasteiger partial charge in [-0.2, -0.15) is 0 Å². The summed E-state index contributed by atoms with van der Waals surface area (Å²) in [6, 6.07) is 4.96. The third-order valence-corrected chi connectivity index (χ3v) is 3.71. The van der Waals surface area contributed by atoms with Gasteiger partial charge in [-0.1, -0.05) is 13.0 Å². The van der Waals surface area contributed by atoms with Gasteiger partial charge in [0.2, 0.25) is 0 Å². The van der Waals surface area contributed by atoms with Crippen LogP contribution in [0.1, 0.15) is 29.3 Å². The molecule has 0 aromatic heterocycles. The quantitative estimate of drug-likeness (QED) is 0.790. The molecule has 92 valence electrons. The molecule has 1 aromatic carbocycles. The third-order valence-electron chi connectivity index (χ3n) is 2.36. The van der Waals surface area contributed by atoms with Gasteiger partial charge in [-0.3, -0.25) is 4.79 Å². The minimum atomic E-state index is -0.992. The summed E-state index contributed by atoms with van der Waals surface area (Å²) in [5, 5.41) is 17.4. The van der Waals surface area contributed by atoms with Gasteiger partial charge in [0, 0.05) is 4.90 Å². The Kier molecular flexibility index (Phi) is 4.57. The minimum absolute atomic E-state index is 0.218. The van der Waals surface area contributed by atoms with E-state index in [-0.39, 0.29) is 5.56 Å². The van der Waals surface area contributed by atoms with Crippen molar-refractivity contribution in [3.8, 4) is 0 Å². The van der Waals surface area contributed by atoms with E-state index in [0.29, 0.717) is 16.9 Å². The highest BCUT2D eigenvalue weighted by Gasteiger charge is 2.17. The van der Waals surface area contributed by atoms with Crippen LogP contribution in [-0.2, 0) is 4.79 Å². The number of hydrogen-bond acceptors (Lipinski definition) is 3. The highest BCUT2D eigenvalue weighted by molar-refractivity contribution is 8.00. The first-order valence-electron chi connectivity index (χ1n) is 5.19. The van der Waals surface area contributed by atoms with Crippen LogP contribution in [0.3, 0.4) is 0 Å². The molecule has 0 aliphatic heterocycles. The minimum Gasteiger partial charge on any atom is -0.480 e. The van der Waals surface area contributed by atoms with Crippen molar-refractivity contribution in [2.75, 3.05) is 0 Å². The number of benzene rings is 1. The van der Waals surface area contributed by atoms with Crippen molar-refractivity contribution < 1.29 is 19.8 Å². The van der Waals surface area contributed by atoms with E-state index >= 15 is 0 Å². The Hall–Kier alpha value is -1.49. The van der Waals surface area contributed by atoms with Gasteiger partial charge >= 0.3 is 11.9 Å². The zero-order chi connectivity index (χ0) is 13.0. The molecule has 1 aromatic rings. The molecule has 0 saturated carbocycles. The molecule has 0 heterocycles. The predicted molar refractivity (Wildman–Crippen MR) is 65.7 cm³/mol. The number of thioether (sulfide) groups is 1. The van der Waals surface area contributed by atoms with E-state index in [1.165, 1.54) is 17.8 Å². The molecule has 0 fully saturated rings. The standard InChI is InChI=1S/C12H14O4S/c1-3-10(12(15)16)17-8-5-4-7(2)9(6-8)11(13)14/h4-6,10H,3H2,1-2H3,(H,13,14)(H,15,16). The SMILES string of the molecule is CCC(Sc1ccc(C)c(C(=O)O)c1)C(=O)O. The molecule has 1 rings (SSSR count). The van der Waals surface area contributed by atoms with Crippen molar-refractivity contribution in [2.24, 2.45) is 0 Å². The van der Waals surface area contributed by atoms with E-state index in [9.17, 15) is 9.59 Å². The number of carbonyl (C=O) groups is 2. The van der Waals surface area contributed by atoms with Crippen LogP contribution in [-0.4, -0.2) is 27.4 Å². The van der Waals surface area contributed by atoms with Crippen molar-refractivity contribution >= 4 is 23.7 Å². The van der Waals surface area contributed by atoms with Crippen molar-refractivity contribution in [3.63, 3.8) is 0 Å². The average molecular weight is 254 g/mol. The summed E-state index contributed by atoms with van der Waals surface area (Å²) in [5.74, 6) is -1.87. The van der Waals surface area contributed by atoms with E-state index in [0.717, 1.165) is 0 Å². The largest absolute Gasteiger partial charge is 0.480 e. The number of aromatic carboxylic acids is 1. The molecule has 4 nitrogen and oxygen atoms in total. The van der Waals surface area contributed by atoms with Gasteiger partial charge < -0.3 is 10.2 Å². The maximum Gasteiger partial charge on any atom is 0.335 e. The second-order valence-corrected chi connectivity index (χ2v) is 4.91. The van der Waals surface area contributed by atoms with Crippen LogP contribution in [0.15, 0.2) is 23.1 Å². The fraction of sp³-hybridized carbons (Fsp3) is 0.333. The zero-order valence-electron chi connectivity index (χ0n) is 9.64. The topological polar surface area (TPSA) is 74.6 Å². The molecule has 0 saturated heterocycles. The Balaban J connectivity index is 2.96. The molecule has 17 heavy (non-hydrogen) atoms. The van der Waals surface area contributed by atoms with Gasteiger partial charge in [-0.05, 0) is 31.0 Å². The number of carboxylic acids is 2. The normalized spacial score (nSPS) is 12.1. The first-order valence-corrected chi connectivity index (χ1v) is 6.07. The molecule has 0 aliphatic rings. The van der Waals surface area contributed by atoms with Gasteiger partial charge in [0.15, 0.2) is 0 Å². The van der Waals surface area contributed by atoms with Crippen LogP contribution in [0, 0.1) is 6.92 Å². The smallest absolute Gasteiger partial charge is 0.335 e. The number of hydrogen-bond donors (Lipinski definition) is 2. The zero-order valence-corrected chi connectivity index (χ0v) is 10.5. The summed E-state index contributed by atoms with van der Waals surface area (Å²) >= 11 is 1.17. The van der Waals surface area contributed by atoms with Crippen LogP contribution in [0.5, 0.6) is 0 Å². The van der Waals surface area contributed by atoms with E-state index < -0.39 is 17.2 Å². The number of carboxylic acid groups (broad SMARTS) is 2. The van der Waals surface area contributed by atoms with Crippen molar-refractivity contribution in [2.45, 2.75) is 30.4 Å². The molecule has 0 bridgehead atoms. The summed E-state index contributed by atoms with van der Waals surface area (Å²) in [6.07, 6.45) is 0.496. The van der Waals surface area contributed by atoms with E-state index in [1.54, 1.807) is 26.0 Å². The van der Waals surface area contributed by atoms with Crippen molar-refractivity contribution in [1.82, 2.24) is 0 Å². The molecule has 1 atom stereocenters. The van der Waals surface area contributed by atoms with Crippen LogP contribution in [0.25, 0.3) is 0 Å². The summed E-state index contributed by atoms with van der Waals surface area (Å²) < 4.78 is 0. The van der Waals surface area contributed by atoms with E-state index in [4.69, 9.17) is 10.2 Å². The second kappa shape index (κ2) is 5.72. The van der Waals surface area contributed by atoms with Crippen LogP contribution >= 0.6 is 11.8 Å². The lowest BCUT2D eigenvalue weighted by Gasteiger charge is -2.10. The molecule has 0 radical (unpaired) electrons. The van der Waals surface area contributed by atoms with Gasteiger partial charge in [-0.15, -0.1) is 11.8 Å². The maximum atomic E-state index is 10.9. The molecule has 5 heteroatoms. The molecular weight excluding hydrogens is 240 g/mol. The highest BCUT2D eigenvalue weighted by atomic mass is 32.2. The van der Waals surface area contributed by atoms with Gasteiger partial charge in [0.1, 0.15) is 5.25 Å². The predicted octanol–water partition coefficient (Wildman–Crippen LogP) is 2.65. The monoisotopic (exact) mass is 254 g/mol. The average Bonchev–Trinajstić information content (AvgIpc) is 2.27. The summed E-state index contributed by atoms with van der Waals surface area (Å²) in [6.45, 7) is 3.50. The first kappa shape index (κ1) is 13.6. The van der Waals surface area contributed by atoms with Crippen LogP contribution in [0.2, 0.25) is 0 Å². The number of aliphatic carboxylic acids is 1. The Morgan fingerprint density at radius 2 is 2.00 bits per heavy atom. The van der Waals surface area contributed by atoms with Crippen molar-refractivity contribution in [3.05, 3.63) is 29.3 Å². The highest BCUT2D eigenvalue weighted by Crippen LogP contribution is 2.27. The van der Waals surface area contributed by atoms with Crippen LogP contribution < -0.4 is 0 Å². The van der Waals surface area contributed by atoms with Gasteiger partial charge in [0.05, 0.1) is 5.56 Å². The van der Waals surface area contributed by atoms with E-state index in [2.05, 4.69) is 0 Å². The molecular formula is C12H14O4S. The molecule has 0 spiro atoms. The van der Waals surface area contributed by atoms with Gasteiger partial charge in [-0.25, -0.2) is 4.79 Å². The van der Waals surface area contributed by atoms with Gasteiger partial charge in [0.25, 0.3) is 0 Å². The second-order valence-electron chi connectivity index (χ2n) is 3.63. The molecule has 2 N–H and O–H groups in total. The molecule has 0 aliphatic carbocycles. The van der Waals surface area contributed by atoms with Crippen LogP contribution in [0.4, 0.5) is 0 Å². The number of aryl methyl sites for hydroxylation is 1. The lowest BCUT2D eigenvalue weighted by molar-refractivity contribution is -0.136. The lowest BCUT2D eigenvalue weighted by Crippen LogP contribution is -2.14. The fourth-order valence-electron chi connectivity index (χ4n) is 1.38. The molecule has 1 unspecified atom stereocenters. The first-order chi connectivity index (χ1) is 7.95. The number of rotatable bonds is 5. The Morgan fingerprint density at radius 1 is 1.35 bits per heavy atom. The summed E-state index contributed by atoms with van der Waals surface area (Å²) in [4.78, 5) is 22.5. The van der Waals surface area contributed by atoms with E-state index in [1.807, 2.05) is 0 Å². The molecule has 0 amide bonds. The fourth-order valence-corrected chi connectivity index (χ4v) is 2.31.